The maximum Gasteiger partial charge on any atom is 0.259 e. The Balaban J connectivity index is 1.70. The molecule has 162 valence electrons. The summed E-state index contributed by atoms with van der Waals surface area (Å²) in [6, 6.07) is 21.7. The van der Waals surface area contributed by atoms with Crippen molar-refractivity contribution in [3.05, 3.63) is 101 Å². The molecule has 0 spiro atoms. The number of hydrogen-bond donors (Lipinski definition) is 2. The van der Waals surface area contributed by atoms with E-state index in [2.05, 4.69) is 10.6 Å². The smallest absolute Gasteiger partial charge is 0.259 e. The fourth-order valence-corrected chi connectivity index (χ4v) is 4.13. The summed E-state index contributed by atoms with van der Waals surface area (Å²) >= 11 is 0. The molecule has 0 aromatic heterocycles. The Morgan fingerprint density at radius 3 is 2.06 bits per heavy atom. The fraction of sp³-hybridized carbons (Fsp3) is 0.192. The van der Waals surface area contributed by atoms with Gasteiger partial charge in [-0.15, -0.1) is 0 Å². The number of para-hydroxylation sites is 1. The Labute approximate surface area is 187 Å². The van der Waals surface area contributed by atoms with Crippen LogP contribution in [0.2, 0.25) is 0 Å². The third-order valence-electron chi connectivity index (χ3n) is 5.80. The number of aryl methyl sites for hydroxylation is 2. The monoisotopic (exact) mass is 427 g/mol. The zero-order valence-corrected chi connectivity index (χ0v) is 18.3. The van der Waals surface area contributed by atoms with Crippen LogP contribution >= 0.6 is 0 Å². The Bertz CT molecular complexity index is 1220. The maximum atomic E-state index is 13.5. The molecule has 1 atom stereocenters. The number of anilines is 1. The first-order chi connectivity index (χ1) is 15.3. The van der Waals surface area contributed by atoms with Crippen LogP contribution in [0, 0.1) is 13.8 Å². The van der Waals surface area contributed by atoms with E-state index in [-0.39, 0.29) is 24.3 Å². The number of benzene rings is 3. The van der Waals surface area contributed by atoms with Crippen LogP contribution in [0.3, 0.4) is 0 Å². The van der Waals surface area contributed by atoms with Gasteiger partial charge in [-0.2, -0.15) is 0 Å². The summed E-state index contributed by atoms with van der Waals surface area (Å²) in [5.41, 5.74) is 2.79. The number of hydrogen-bond acceptors (Lipinski definition) is 3. The van der Waals surface area contributed by atoms with Crippen LogP contribution in [0.25, 0.3) is 0 Å². The van der Waals surface area contributed by atoms with Gasteiger partial charge in [0.2, 0.25) is 0 Å². The van der Waals surface area contributed by atoms with Crippen molar-refractivity contribution in [1.29, 1.82) is 0 Å². The fourth-order valence-electron chi connectivity index (χ4n) is 4.13. The predicted molar refractivity (Wildman–Crippen MR) is 124 cm³/mol. The molecule has 3 aromatic carbocycles. The predicted octanol–water partition coefficient (Wildman–Crippen LogP) is 3.34. The van der Waals surface area contributed by atoms with Gasteiger partial charge >= 0.3 is 0 Å². The van der Waals surface area contributed by atoms with Crippen molar-refractivity contribution < 1.29 is 14.4 Å². The van der Waals surface area contributed by atoms with Crippen LogP contribution in [0.1, 0.15) is 37.4 Å². The van der Waals surface area contributed by atoms with Crippen molar-refractivity contribution in [2.45, 2.75) is 19.4 Å². The van der Waals surface area contributed by atoms with Gasteiger partial charge in [0.1, 0.15) is 0 Å². The highest BCUT2D eigenvalue weighted by atomic mass is 16.2. The van der Waals surface area contributed by atoms with E-state index in [1.54, 1.807) is 37.4 Å². The molecule has 1 heterocycles. The largest absolute Gasteiger partial charge is 0.349 e. The van der Waals surface area contributed by atoms with Crippen LogP contribution < -0.4 is 15.5 Å². The molecule has 0 bridgehead atoms. The number of amides is 3. The van der Waals surface area contributed by atoms with Gasteiger partial charge in [-0.05, 0) is 44.2 Å². The minimum absolute atomic E-state index is 0.0719. The standard InChI is InChI=1S/C26H25N3O3/c1-17-8-6-10-19(14-17)23(30)27-16-26(28-24(31)20-11-7-9-18(2)15-20)21-12-4-5-13-22(21)29(3)25(26)32/h4-15H,16H2,1-3H3,(H,27,30)(H,28,31). The lowest BCUT2D eigenvalue weighted by Crippen LogP contribution is -2.58. The number of nitrogens with one attached hydrogen (secondary N) is 2. The molecule has 0 saturated heterocycles. The van der Waals surface area contributed by atoms with Crippen molar-refractivity contribution in [3.63, 3.8) is 0 Å². The summed E-state index contributed by atoms with van der Waals surface area (Å²) in [6.45, 7) is 3.74. The van der Waals surface area contributed by atoms with Gasteiger partial charge in [-0.25, -0.2) is 0 Å². The van der Waals surface area contributed by atoms with E-state index in [1.165, 1.54) is 4.90 Å². The van der Waals surface area contributed by atoms with Gasteiger partial charge in [-0.1, -0.05) is 53.6 Å². The summed E-state index contributed by atoms with van der Waals surface area (Å²) in [4.78, 5) is 41.0. The van der Waals surface area contributed by atoms with Crippen molar-refractivity contribution in [3.8, 4) is 0 Å². The zero-order valence-electron chi connectivity index (χ0n) is 18.3. The Morgan fingerprint density at radius 1 is 0.844 bits per heavy atom. The first-order valence-corrected chi connectivity index (χ1v) is 10.4. The second-order valence-electron chi connectivity index (χ2n) is 8.16. The lowest BCUT2D eigenvalue weighted by atomic mass is 9.90. The summed E-state index contributed by atoms with van der Waals surface area (Å²) in [5, 5.41) is 5.81. The maximum absolute atomic E-state index is 13.5. The van der Waals surface area contributed by atoms with Crippen LogP contribution in [-0.2, 0) is 10.3 Å². The third-order valence-corrected chi connectivity index (χ3v) is 5.80. The van der Waals surface area contributed by atoms with Crippen molar-refractivity contribution >= 4 is 23.4 Å². The van der Waals surface area contributed by atoms with E-state index in [0.717, 1.165) is 11.1 Å². The zero-order chi connectivity index (χ0) is 22.9. The van der Waals surface area contributed by atoms with Crippen LogP contribution in [0.5, 0.6) is 0 Å². The second kappa shape index (κ2) is 8.30. The molecule has 2 N–H and O–H groups in total. The highest BCUT2D eigenvalue weighted by Gasteiger charge is 2.51. The highest BCUT2D eigenvalue weighted by molar-refractivity contribution is 6.11. The molecule has 1 unspecified atom stereocenters. The molecule has 6 nitrogen and oxygen atoms in total. The summed E-state index contributed by atoms with van der Waals surface area (Å²) < 4.78 is 0. The number of rotatable bonds is 5. The molecule has 0 fully saturated rings. The molecule has 0 aliphatic carbocycles. The number of nitrogens with zero attached hydrogens (tertiary/aromatic N) is 1. The lowest BCUT2D eigenvalue weighted by molar-refractivity contribution is -0.123. The summed E-state index contributed by atoms with van der Waals surface area (Å²) in [6.07, 6.45) is 0. The Morgan fingerprint density at radius 2 is 1.44 bits per heavy atom. The van der Waals surface area contributed by atoms with E-state index < -0.39 is 5.54 Å². The molecule has 6 heteroatoms. The molecule has 0 saturated carbocycles. The first kappa shape index (κ1) is 21.3. The summed E-state index contributed by atoms with van der Waals surface area (Å²) in [7, 11) is 1.67. The highest BCUT2D eigenvalue weighted by Crippen LogP contribution is 2.39. The van der Waals surface area contributed by atoms with Crippen LogP contribution in [-0.4, -0.2) is 31.3 Å². The van der Waals surface area contributed by atoms with Gasteiger partial charge in [0.05, 0.1) is 6.54 Å². The Kier molecular flexibility index (Phi) is 5.53. The van der Waals surface area contributed by atoms with Crippen LogP contribution in [0.15, 0.2) is 72.8 Å². The molecule has 1 aliphatic rings. The van der Waals surface area contributed by atoms with Gasteiger partial charge in [-0.3, -0.25) is 14.4 Å². The van der Waals surface area contributed by atoms with E-state index >= 15 is 0 Å². The van der Waals surface area contributed by atoms with Gasteiger partial charge in [0.25, 0.3) is 17.7 Å². The Hall–Kier alpha value is -3.93. The molecule has 0 radical (unpaired) electrons. The molecule has 3 amide bonds. The average Bonchev–Trinajstić information content (AvgIpc) is 3.00. The number of fused-ring (bicyclic) bond motifs is 1. The normalized spacial score (nSPS) is 17.1. The lowest BCUT2D eigenvalue weighted by Gasteiger charge is -2.30. The third kappa shape index (κ3) is 3.75. The minimum Gasteiger partial charge on any atom is -0.349 e. The van der Waals surface area contributed by atoms with Crippen molar-refractivity contribution in [2.24, 2.45) is 0 Å². The van der Waals surface area contributed by atoms with E-state index in [4.69, 9.17) is 0 Å². The molecule has 4 rings (SSSR count). The van der Waals surface area contributed by atoms with E-state index in [0.29, 0.717) is 22.4 Å². The van der Waals surface area contributed by atoms with E-state index in [9.17, 15) is 14.4 Å². The average molecular weight is 428 g/mol. The minimum atomic E-state index is -1.41. The molecule has 3 aromatic rings. The summed E-state index contributed by atoms with van der Waals surface area (Å²) in [5.74, 6) is -0.987. The molecular formula is C26H25N3O3. The quantitative estimate of drug-likeness (QED) is 0.656. The second-order valence-corrected chi connectivity index (χ2v) is 8.16. The van der Waals surface area contributed by atoms with Gasteiger partial charge in [0, 0.05) is 29.4 Å². The van der Waals surface area contributed by atoms with Gasteiger partial charge < -0.3 is 15.5 Å². The van der Waals surface area contributed by atoms with Crippen molar-refractivity contribution in [2.75, 3.05) is 18.5 Å². The van der Waals surface area contributed by atoms with Crippen molar-refractivity contribution in [1.82, 2.24) is 10.6 Å². The first-order valence-electron chi connectivity index (χ1n) is 10.4. The SMILES string of the molecule is Cc1cccc(C(=O)NCC2(NC(=O)c3cccc(C)c3)C(=O)N(C)c3ccccc32)c1. The number of carbonyl (C=O) groups excluding carboxylic acids is 3. The molecule has 1 aliphatic heterocycles. The topological polar surface area (TPSA) is 78.5 Å². The molecule has 32 heavy (non-hydrogen) atoms. The molecular weight excluding hydrogens is 402 g/mol. The number of carbonyl (C=O) groups is 3. The van der Waals surface area contributed by atoms with E-state index in [1.807, 2.05) is 56.3 Å². The number of likely N-dealkylation sites (N-methyl/N-ethyl adjacent to an activating group) is 1. The van der Waals surface area contributed by atoms with Gasteiger partial charge in [0.15, 0.2) is 5.54 Å². The van der Waals surface area contributed by atoms with Crippen LogP contribution in [0.4, 0.5) is 5.69 Å².